The van der Waals surface area contributed by atoms with E-state index < -0.39 is 17.8 Å². The lowest BCUT2D eigenvalue weighted by Crippen LogP contribution is -2.06. The van der Waals surface area contributed by atoms with Gasteiger partial charge in [-0.05, 0) is 11.6 Å². The van der Waals surface area contributed by atoms with Crippen LogP contribution in [0.5, 0.6) is 0 Å². The summed E-state index contributed by atoms with van der Waals surface area (Å²) < 4.78 is 22.5. The maximum absolute atomic E-state index is 13.5. The van der Waals surface area contributed by atoms with E-state index in [1.165, 1.54) is 38.5 Å². The van der Waals surface area contributed by atoms with E-state index in [1.54, 1.807) is 6.07 Å². The molecule has 0 bridgehead atoms. The van der Waals surface area contributed by atoms with Crippen LogP contribution in [-0.4, -0.2) is 26.2 Å². The molecule has 0 aliphatic carbocycles. The van der Waals surface area contributed by atoms with Gasteiger partial charge in [-0.3, -0.25) is 4.79 Å². The second-order valence-electron chi connectivity index (χ2n) is 3.38. The number of esters is 2. The van der Waals surface area contributed by atoms with Crippen molar-refractivity contribution in [3.63, 3.8) is 0 Å². The third-order valence-corrected chi connectivity index (χ3v) is 2.24. The SMILES string of the molecule is COC(=O)C/C=C/c1cccc(F)c1C(=O)OC. The third kappa shape index (κ3) is 3.41. The van der Waals surface area contributed by atoms with Gasteiger partial charge in [0.25, 0.3) is 0 Å². The molecule has 0 unspecified atom stereocenters. The summed E-state index contributed by atoms with van der Waals surface area (Å²) in [7, 11) is 2.45. The molecule has 0 fully saturated rings. The summed E-state index contributed by atoms with van der Waals surface area (Å²) in [6, 6.07) is 4.20. The maximum Gasteiger partial charge on any atom is 0.341 e. The number of hydrogen-bond donors (Lipinski definition) is 0. The molecule has 18 heavy (non-hydrogen) atoms. The second-order valence-corrected chi connectivity index (χ2v) is 3.38. The van der Waals surface area contributed by atoms with Crippen molar-refractivity contribution in [1.82, 2.24) is 0 Å². The summed E-state index contributed by atoms with van der Waals surface area (Å²) in [6.45, 7) is 0. The van der Waals surface area contributed by atoms with Gasteiger partial charge in [-0.25, -0.2) is 9.18 Å². The van der Waals surface area contributed by atoms with Crippen molar-refractivity contribution in [2.24, 2.45) is 0 Å². The first-order valence-corrected chi connectivity index (χ1v) is 5.20. The summed E-state index contributed by atoms with van der Waals surface area (Å²) in [6.07, 6.45) is 3.02. The first kappa shape index (κ1) is 13.9. The number of carbonyl (C=O) groups is 2. The Morgan fingerprint density at radius 1 is 1.28 bits per heavy atom. The van der Waals surface area contributed by atoms with Gasteiger partial charge in [0.2, 0.25) is 0 Å². The molecule has 0 saturated carbocycles. The van der Waals surface area contributed by atoms with Gasteiger partial charge in [-0.15, -0.1) is 0 Å². The van der Waals surface area contributed by atoms with Crippen LogP contribution in [0.25, 0.3) is 6.08 Å². The van der Waals surface area contributed by atoms with E-state index in [-0.39, 0.29) is 12.0 Å². The molecule has 0 aromatic heterocycles. The molecule has 0 radical (unpaired) electrons. The molecule has 0 amide bonds. The predicted octanol–water partition coefficient (Wildman–Crippen LogP) is 2.19. The molecule has 96 valence electrons. The highest BCUT2D eigenvalue weighted by atomic mass is 19.1. The second kappa shape index (κ2) is 6.54. The molecule has 0 heterocycles. The van der Waals surface area contributed by atoms with Gasteiger partial charge in [0, 0.05) is 0 Å². The lowest BCUT2D eigenvalue weighted by Gasteiger charge is -2.05. The van der Waals surface area contributed by atoms with Crippen LogP contribution in [0.4, 0.5) is 4.39 Å². The standard InChI is InChI=1S/C13H13FO4/c1-17-11(15)8-4-6-9-5-3-7-10(14)12(9)13(16)18-2/h3-7H,8H2,1-2H3/b6-4+. The van der Waals surface area contributed by atoms with Crippen LogP contribution in [0.15, 0.2) is 24.3 Å². The minimum atomic E-state index is -0.759. The average Bonchev–Trinajstić information content (AvgIpc) is 2.37. The zero-order chi connectivity index (χ0) is 13.5. The van der Waals surface area contributed by atoms with Gasteiger partial charge in [0.05, 0.1) is 20.6 Å². The van der Waals surface area contributed by atoms with Gasteiger partial charge in [0.15, 0.2) is 0 Å². The lowest BCUT2D eigenvalue weighted by molar-refractivity contribution is -0.139. The number of rotatable bonds is 4. The Labute approximate surface area is 104 Å². The fourth-order valence-corrected chi connectivity index (χ4v) is 1.36. The van der Waals surface area contributed by atoms with Crippen molar-refractivity contribution in [1.29, 1.82) is 0 Å². The molecule has 0 aliphatic rings. The van der Waals surface area contributed by atoms with Crippen LogP contribution in [-0.2, 0) is 14.3 Å². The Morgan fingerprint density at radius 2 is 2.00 bits per heavy atom. The Bertz CT molecular complexity index is 480. The molecule has 5 heteroatoms. The smallest absolute Gasteiger partial charge is 0.341 e. The average molecular weight is 252 g/mol. The molecule has 0 aliphatic heterocycles. The van der Waals surface area contributed by atoms with Gasteiger partial charge in [-0.2, -0.15) is 0 Å². The van der Waals surface area contributed by atoms with Crippen molar-refractivity contribution in [2.45, 2.75) is 6.42 Å². The molecule has 0 N–H and O–H groups in total. The van der Waals surface area contributed by atoms with Gasteiger partial charge < -0.3 is 9.47 Å². The number of benzene rings is 1. The predicted molar refractivity (Wildman–Crippen MR) is 63.4 cm³/mol. The van der Waals surface area contributed by atoms with Crippen molar-refractivity contribution in [3.05, 3.63) is 41.2 Å². The van der Waals surface area contributed by atoms with E-state index in [9.17, 15) is 14.0 Å². The van der Waals surface area contributed by atoms with Crippen molar-refractivity contribution in [2.75, 3.05) is 14.2 Å². The molecule has 1 aromatic carbocycles. The van der Waals surface area contributed by atoms with Crippen LogP contribution >= 0.6 is 0 Å². The highest BCUT2D eigenvalue weighted by molar-refractivity contribution is 5.94. The van der Waals surface area contributed by atoms with E-state index >= 15 is 0 Å². The molecule has 0 spiro atoms. The Morgan fingerprint density at radius 3 is 2.61 bits per heavy atom. The molecule has 4 nitrogen and oxygen atoms in total. The molecule has 1 rings (SSSR count). The number of carbonyl (C=O) groups excluding carboxylic acids is 2. The molecular formula is C13H13FO4. The van der Waals surface area contributed by atoms with Gasteiger partial charge in [-0.1, -0.05) is 24.3 Å². The van der Waals surface area contributed by atoms with Crippen LogP contribution in [0, 0.1) is 5.82 Å². The quantitative estimate of drug-likeness (QED) is 0.771. The van der Waals surface area contributed by atoms with Gasteiger partial charge in [0.1, 0.15) is 11.4 Å². The fraction of sp³-hybridized carbons (Fsp3) is 0.231. The molecular weight excluding hydrogens is 239 g/mol. The Balaban J connectivity index is 2.98. The monoisotopic (exact) mass is 252 g/mol. The van der Waals surface area contributed by atoms with Crippen LogP contribution in [0.1, 0.15) is 22.3 Å². The molecule has 1 aromatic rings. The minimum Gasteiger partial charge on any atom is -0.469 e. The normalized spacial score (nSPS) is 10.4. The zero-order valence-corrected chi connectivity index (χ0v) is 10.1. The number of hydrogen-bond acceptors (Lipinski definition) is 4. The first-order chi connectivity index (χ1) is 8.60. The first-order valence-electron chi connectivity index (χ1n) is 5.20. The molecule has 0 saturated heterocycles. The Hall–Kier alpha value is -2.17. The highest BCUT2D eigenvalue weighted by Gasteiger charge is 2.15. The minimum absolute atomic E-state index is 0.0492. The summed E-state index contributed by atoms with van der Waals surface area (Å²) in [5, 5.41) is 0. The van der Waals surface area contributed by atoms with Crippen molar-refractivity contribution < 1.29 is 23.5 Å². The van der Waals surface area contributed by atoms with Crippen LogP contribution in [0.3, 0.4) is 0 Å². The van der Waals surface area contributed by atoms with E-state index in [4.69, 9.17) is 0 Å². The number of halogens is 1. The largest absolute Gasteiger partial charge is 0.469 e. The number of ether oxygens (including phenoxy) is 2. The highest BCUT2D eigenvalue weighted by Crippen LogP contribution is 2.16. The summed E-state index contributed by atoms with van der Waals surface area (Å²) in [5.74, 6) is -1.84. The zero-order valence-electron chi connectivity index (χ0n) is 10.1. The maximum atomic E-state index is 13.5. The summed E-state index contributed by atoms with van der Waals surface area (Å²) in [4.78, 5) is 22.3. The lowest BCUT2D eigenvalue weighted by atomic mass is 10.1. The molecule has 0 atom stereocenters. The van der Waals surface area contributed by atoms with E-state index in [1.807, 2.05) is 0 Å². The van der Waals surface area contributed by atoms with Crippen LogP contribution in [0.2, 0.25) is 0 Å². The van der Waals surface area contributed by atoms with E-state index in [0.717, 1.165) is 0 Å². The van der Waals surface area contributed by atoms with Crippen molar-refractivity contribution in [3.8, 4) is 0 Å². The Kier molecular flexibility index (Phi) is 5.05. The topological polar surface area (TPSA) is 52.6 Å². The fourth-order valence-electron chi connectivity index (χ4n) is 1.36. The third-order valence-electron chi connectivity index (χ3n) is 2.24. The van der Waals surface area contributed by atoms with Gasteiger partial charge >= 0.3 is 11.9 Å². The van der Waals surface area contributed by atoms with E-state index in [0.29, 0.717) is 5.56 Å². The van der Waals surface area contributed by atoms with E-state index in [2.05, 4.69) is 9.47 Å². The summed E-state index contributed by atoms with van der Waals surface area (Å²) >= 11 is 0. The van der Waals surface area contributed by atoms with Crippen molar-refractivity contribution >= 4 is 18.0 Å². The van der Waals surface area contributed by atoms with Crippen LogP contribution < -0.4 is 0 Å². The number of methoxy groups -OCH3 is 2. The summed E-state index contributed by atoms with van der Waals surface area (Å²) in [5.41, 5.74) is 0.201.